The number of nitrogens with zero attached hydrogens (tertiary/aromatic N) is 3. The van der Waals surface area contributed by atoms with Crippen LogP contribution in [0.1, 0.15) is 12.7 Å². The molecular weight excluding hydrogens is 234 g/mol. The second-order valence-electron chi connectivity index (χ2n) is 3.74. The predicted octanol–water partition coefficient (Wildman–Crippen LogP) is 1.68. The summed E-state index contributed by atoms with van der Waals surface area (Å²) in [5.41, 5.74) is 0. The molecule has 1 aliphatic heterocycles. The van der Waals surface area contributed by atoms with E-state index in [1.807, 2.05) is 6.92 Å². The monoisotopic (exact) mass is 247 g/mol. The fourth-order valence-corrected chi connectivity index (χ4v) is 2.55. The van der Waals surface area contributed by atoms with Crippen molar-refractivity contribution in [2.45, 2.75) is 26.0 Å². The van der Waals surface area contributed by atoms with Crippen LogP contribution >= 0.6 is 23.1 Å². The van der Waals surface area contributed by atoms with Crippen LogP contribution in [0.2, 0.25) is 0 Å². The summed E-state index contributed by atoms with van der Waals surface area (Å²) >= 11 is 7.24. The van der Waals surface area contributed by atoms with Gasteiger partial charge in [-0.2, -0.15) is 4.37 Å². The van der Waals surface area contributed by atoms with Gasteiger partial charge in [0.05, 0.1) is 24.6 Å². The van der Waals surface area contributed by atoms with Crippen molar-refractivity contribution in [3.8, 4) is 0 Å². The molecule has 2 atom stereocenters. The van der Waals surface area contributed by atoms with E-state index in [1.165, 1.54) is 11.5 Å². The second kappa shape index (κ2) is 4.63. The molecule has 1 saturated heterocycles. The van der Waals surface area contributed by atoms with Gasteiger partial charge in [-0.1, -0.05) is 0 Å². The van der Waals surface area contributed by atoms with Gasteiger partial charge in [0.25, 0.3) is 0 Å². The fraction of sp³-hybridized carbons (Fsp3) is 0.778. The van der Waals surface area contributed by atoms with Gasteiger partial charge < -0.3 is 9.64 Å². The molecule has 2 rings (SSSR count). The van der Waals surface area contributed by atoms with E-state index in [-0.39, 0.29) is 6.10 Å². The Morgan fingerprint density at radius 1 is 1.67 bits per heavy atom. The smallest absolute Gasteiger partial charge is 0.205 e. The maximum Gasteiger partial charge on any atom is 0.205 e. The molecule has 2 heterocycles. The number of rotatable bonds is 2. The molecule has 0 radical (unpaired) electrons. The molecule has 4 nitrogen and oxygen atoms in total. The molecule has 2 unspecified atom stereocenters. The molecule has 1 aromatic rings. The summed E-state index contributed by atoms with van der Waals surface area (Å²) in [5.74, 6) is 1.36. The van der Waals surface area contributed by atoms with Crippen LogP contribution in [0.5, 0.6) is 0 Å². The number of anilines is 1. The van der Waals surface area contributed by atoms with Crippen LogP contribution in [-0.4, -0.2) is 40.5 Å². The molecule has 15 heavy (non-hydrogen) atoms. The number of ether oxygens (including phenoxy) is 1. The fourth-order valence-electron chi connectivity index (χ4n) is 1.58. The lowest BCUT2D eigenvalue weighted by atomic mass is 10.2. The maximum atomic E-state index is 5.80. The summed E-state index contributed by atoms with van der Waals surface area (Å²) in [6.45, 7) is 5.54. The third-order valence-corrected chi connectivity index (χ3v) is 3.63. The summed E-state index contributed by atoms with van der Waals surface area (Å²) < 4.78 is 9.77. The number of hydrogen-bond donors (Lipinski definition) is 0. The molecule has 6 heteroatoms. The average Bonchev–Trinajstić information content (AvgIpc) is 2.65. The minimum absolute atomic E-state index is 0.104. The molecule has 0 aromatic carbocycles. The normalized spacial score (nSPS) is 27.0. The number of hydrogen-bond acceptors (Lipinski definition) is 5. The van der Waals surface area contributed by atoms with Crippen molar-refractivity contribution in [2.75, 3.05) is 23.9 Å². The highest BCUT2D eigenvalue weighted by atomic mass is 35.5. The van der Waals surface area contributed by atoms with E-state index < -0.39 is 0 Å². The standard InChI is InChI=1S/C9H14ClN3OS/c1-6-5-14-8(3-10)4-13(6)9-11-7(2)12-15-9/h6,8H,3-5H2,1-2H3. The van der Waals surface area contributed by atoms with E-state index in [2.05, 4.69) is 21.2 Å². The Hall–Kier alpha value is -0.390. The van der Waals surface area contributed by atoms with Gasteiger partial charge in [0.2, 0.25) is 5.13 Å². The van der Waals surface area contributed by atoms with E-state index in [1.54, 1.807) is 0 Å². The lowest BCUT2D eigenvalue weighted by Crippen LogP contribution is -2.49. The molecule has 1 aromatic heterocycles. The largest absolute Gasteiger partial charge is 0.373 e. The van der Waals surface area contributed by atoms with Gasteiger partial charge in [-0.25, -0.2) is 4.98 Å². The summed E-state index contributed by atoms with van der Waals surface area (Å²) in [5, 5.41) is 0.971. The number of morpholine rings is 1. The first-order valence-electron chi connectivity index (χ1n) is 4.95. The summed E-state index contributed by atoms with van der Waals surface area (Å²) in [7, 11) is 0. The Labute approximate surface area is 98.4 Å². The van der Waals surface area contributed by atoms with Crippen molar-refractivity contribution in [1.82, 2.24) is 9.36 Å². The minimum Gasteiger partial charge on any atom is -0.373 e. The first-order valence-corrected chi connectivity index (χ1v) is 6.26. The molecule has 0 saturated carbocycles. The SMILES string of the molecule is Cc1nsc(N2CC(CCl)OCC2C)n1. The van der Waals surface area contributed by atoms with Crippen molar-refractivity contribution >= 4 is 28.3 Å². The molecule has 0 bridgehead atoms. The maximum absolute atomic E-state index is 5.80. The molecule has 1 aliphatic rings. The molecule has 0 amide bonds. The Morgan fingerprint density at radius 2 is 2.47 bits per heavy atom. The van der Waals surface area contributed by atoms with E-state index in [0.29, 0.717) is 18.5 Å². The lowest BCUT2D eigenvalue weighted by Gasteiger charge is -2.36. The second-order valence-corrected chi connectivity index (χ2v) is 4.77. The van der Waals surface area contributed by atoms with Crippen molar-refractivity contribution in [2.24, 2.45) is 0 Å². The first kappa shape index (κ1) is 11.1. The minimum atomic E-state index is 0.104. The van der Waals surface area contributed by atoms with Crippen LogP contribution < -0.4 is 4.90 Å². The number of halogens is 1. The molecular formula is C9H14ClN3OS. The Balaban J connectivity index is 2.12. The lowest BCUT2D eigenvalue weighted by molar-refractivity contribution is 0.0364. The topological polar surface area (TPSA) is 38.2 Å². The molecule has 1 fully saturated rings. The quantitative estimate of drug-likeness (QED) is 0.746. The average molecular weight is 248 g/mol. The highest BCUT2D eigenvalue weighted by Crippen LogP contribution is 2.23. The van der Waals surface area contributed by atoms with Gasteiger partial charge in [-0.05, 0) is 13.8 Å². The number of alkyl halides is 1. The zero-order valence-electron chi connectivity index (χ0n) is 8.81. The summed E-state index contributed by atoms with van der Waals surface area (Å²) in [6.07, 6.45) is 0.104. The van der Waals surface area contributed by atoms with Gasteiger partial charge in [-0.3, -0.25) is 0 Å². The third-order valence-electron chi connectivity index (χ3n) is 2.44. The number of aromatic nitrogens is 2. The van der Waals surface area contributed by atoms with Crippen LogP contribution in [0, 0.1) is 6.92 Å². The Bertz CT molecular complexity index is 333. The molecule has 0 aliphatic carbocycles. The summed E-state index contributed by atoms with van der Waals surface area (Å²) in [4.78, 5) is 6.61. The van der Waals surface area contributed by atoms with Gasteiger partial charge >= 0.3 is 0 Å². The zero-order chi connectivity index (χ0) is 10.8. The van der Waals surface area contributed by atoms with Crippen molar-refractivity contribution < 1.29 is 4.74 Å². The summed E-state index contributed by atoms with van der Waals surface area (Å²) in [6, 6.07) is 0.344. The van der Waals surface area contributed by atoms with Crippen LogP contribution in [0.25, 0.3) is 0 Å². The van der Waals surface area contributed by atoms with Crippen LogP contribution in [0.4, 0.5) is 5.13 Å². The Kier molecular flexibility index (Phi) is 3.43. The molecule has 0 N–H and O–H groups in total. The molecule has 0 spiro atoms. The van der Waals surface area contributed by atoms with Crippen LogP contribution in [-0.2, 0) is 4.74 Å². The third kappa shape index (κ3) is 2.41. The molecule has 84 valence electrons. The van der Waals surface area contributed by atoms with Gasteiger partial charge in [0.1, 0.15) is 5.82 Å². The van der Waals surface area contributed by atoms with E-state index in [0.717, 1.165) is 17.5 Å². The highest BCUT2D eigenvalue weighted by Gasteiger charge is 2.27. The van der Waals surface area contributed by atoms with Crippen molar-refractivity contribution in [3.05, 3.63) is 5.82 Å². The highest BCUT2D eigenvalue weighted by molar-refractivity contribution is 7.09. The zero-order valence-corrected chi connectivity index (χ0v) is 10.4. The first-order chi connectivity index (χ1) is 7.20. The number of aryl methyl sites for hydroxylation is 1. The van der Waals surface area contributed by atoms with Crippen molar-refractivity contribution in [1.29, 1.82) is 0 Å². The van der Waals surface area contributed by atoms with E-state index >= 15 is 0 Å². The van der Waals surface area contributed by atoms with E-state index in [4.69, 9.17) is 16.3 Å². The van der Waals surface area contributed by atoms with Crippen LogP contribution in [0.15, 0.2) is 0 Å². The van der Waals surface area contributed by atoms with E-state index in [9.17, 15) is 0 Å². The van der Waals surface area contributed by atoms with Gasteiger partial charge in [0.15, 0.2) is 0 Å². The van der Waals surface area contributed by atoms with Crippen molar-refractivity contribution in [3.63, 3.8) is 0 Å². The van der Waals surface area contributed by atoms with Gasteiger partial charge in [0, 0.05) is 18.1 Å². The van der Waals surface area contributed by atoms with Crippen LogP contribution in [0.3, 0.4) is 0 Å². The Morgan fingerprint density at radius 3 is 3.07 bits per heavy atom. The van der Waals surface area contributed by atoms with Gasteiger partial charge in [-0.15, -0.1) is 11.6 Å². The predicted molar refractivity (Wildman–Crippen MR) is 61.9 cm³/mol.